The predicted octanol–water partition coefficient (Wildman–Crippen LogP) is 2.10. The fourth-order valence-electron chi connectivity index (χ4n) is 1.69. The molecular formula is C12H14N2O2S. The summed E-state index contributed by atoms with van der Waals surface area (Å²) in [6.07, 6.45) is 1.99. The Labute approximate surface area is 101 Å². The first kappa shape index (κ1) is 11.9. The number of rotatable bonds is 4. The van der Waals surface area contributed by atoms with E-state index in [0.717, 1.165) is 12.8 Å². The Morgan fingerprint density at radius 1 is 1.35 bits per heavy atom. The summed E-state index contributed by atoms with van der Waals surface area (Å²) in [5, 5.41) is 8.29. The Hall–Kier alpha value is -1.54. The highest BCUT2D eigenvalue weighted by Crippen LogP contribution is 2.36. The molecule has 1 aromatic carbocycles. The Morgan fingerprint density at radius 2 is 1.94 bits per heavy atom. The number of nitrogens with one attached hydrogen (secondary N) is 1. The molecular weight excluding hydrogens is 236 g/mol. The van der Waals surface area contributed by atoms with Crippen LogP contribution in [-0.2, 0) is 10.0 Å². The van der Waals surface area contributed by atoms with Gasteiger partial charge in [-0.15, -0.1) is 0 Å². The summed E-state index contributed by atoms with van der Waals surface area (Å²) in [7, 11) is -3.30. The van der Waals surface area contributed by atoms with E-state index >= 15 is 0 Å². The van der Waals surface area contributed by atoms with Crippen molar-refractivity contribution in [3.63, 3.8) is 0 Å². The van der Waals surface area contributed by atoms with Gasteiger partial charge in [-0.2, -0.15) is 5.26 Å². The number of hydrogen-bond acceptors (Lipinski definition) is 3. The highest BCUT2D eigenvalue weighted by molar-refractivity contribution is 7.93. The van der Waals surface area contributed by atoms with Gasteiger partial charge in [0, 0.05) is 5.69 Å². The molecule has 1 N–H and O–H groups in total. The van der Waals surface area contributed by atoms with Gasteiger partial charge in [-0.05, 0) is 49.9 Å². The topological polar surface area (TPSA) is 70.0 Å². The van der Waals surface area contributed by atoms with Gasteiger partial charge in [0.2, 0.25) is 10.0 Å². The quantitative estimate of drug-likeness (QED) is 0.889. The molecule has 0 saturated heterocycles. The second-order valence-corrected chi connectivity index (χ2v) is 6.42. The fraction of sp³-hybridized carbons (Fsp3) is 0.417. The lowest BCUT2D eigenvalue weighted by Crippen LogP contribution is -2.26. The van der Waals surface area contributed by atoms with E-state index in [1.54, 1.807) is 31.2 Å². The standard InChI is InChI=1S/C12H14N2O2S/c1-9(11-4-5-11)17(15,16)14-12-6-2-10(8-13)3-7-12/h2-3,6-7,9,11,14H,4-5H2,1H3. The van der Waals surface area contributed by atoms with E-state index in [1.165, 1.54) is 0 Å². The van der Waals surface area contributed by atoms with E-state index in [1.807, 2.05) is 6.07 Å². The van der Waals surface area contributed by atoms with Crippen LogP contribution in [0.15, 0.2) is 24.3 Å². The number of hydrogen-bond donors (Lipinski definition) is 1. The van der Waals surface area contributed by atoms with Crippen LogP contribution in [0, 0.1) is 17.2 Å². The van der Waals surface area contributed by atoms with Crippen molar-refractivity contribution in [2.45, 2.75) is 25.0 Å². The zero-order valence-corrected chi connectivity index (χ0v) is 10.4. The molecule has 1 unspecified atom stereocenters. The first-order valence-electron chi connectivity index (χ1n) is 5.55. The van der Waals surface area contributed by atoms with Crippen molar-refractivity contribution in [2.75, 3.05) is 4.72 Å². The third-order valence-corrected chi connectivity index (χ3v) is 4.93. The van der Waals surface area contributed by atoms with Crippen molar-refractivity contribution in [1.29, 1.82) is 5.26 Å². The average Bonchev–Trinajstić information content (AvgIpc) is 3.12. The molecule has 0 heterocycles. The molecule has 0 bridgehead atoms. The van der Waals surface area contributed by atoms with Gasteiger partial charge < -0.3 is 0 Å². The van der Waals surface area contributed by atoms with Crippen LogP contribution in [0.3, 0.4) is 0 Å². The van der Waals surface area contributed by atoms with Crippen LogP contribution >= 0.6 is 0 Å². The molecule has 1 saturated carbocycles. The maximum absolute atomic E-state index is 12.0. The van der Waals surface area contributed by atoms with Gasteiger partial charge in [-0.3, -0.25) is 4.72 Å². The smallest absolute Gasteiger partial charge is 0.235 e. The lowest BCUT2D eigenvalue weighted by Gasteiger charge is -2.13. The Morgan fingerprint density at radius 3 is 2.41 bits per heavy atom. The van der Waals surface area contributed by atoms with Gasteiger partial charge in [0.05, 0.1) is 16.9 Å². The molecule has 5 heteroatoms. The third-order valence-electron chi connectivity index (χ3n) is 3.05. The summed E-state index contributed by atoms with van der Waals surface area (Å²) in [6.45, 7) is 1.74. The van der Waals surface area contributed by atoms with Crippen molar-refractivity contribution < 1.29 is 8.42 Å². The molecule has 90 valence electrons. The second kappa shape index (κ2) is 4.38. The van der Waals surface area contributed by atoms with Crippen LogP contribution in [0.2, 0.25) is 0 Å². The predicted molar refractivity (Wildman–Crippen MR) is 65.9 cm³/mol. The van der Waals surface area contributed by atoms with Gasteiger partial charge in [0.25, 0.3) is 0 Å². The summed E-state index contributed by atoms with van der Waals surface area (Å²) in [5.41, 5.74) is 1.03. The van der Waals surface area contributed by atoms with E-state index in [9.17, 15) is 8.42 Å². The molecule has 17 heavy (non-hydrogen) atoms. The summed E-state index contributed by atoms with van der Waals surface area (Å²) in [5.74, 6) is 0.297. The Kier molecular flexibility index (Phi) is 3.07. The maximum Gasteiger partial charge on any atom is 0.235 e. The zero-order valence-electron chi connectivity index (χ0n) is 9.55. The molecule has 4 nitrogen and oxygen atoms in total. The van der Waals surface area contributed by atoms with Crippen LogP contribution < -0.4 is 4.72 Å². The molecule has 1 aliphatic rings. The minimum Gasteiger partial charge on any atom is -0.283 e. The third kappa shape index (κ3) is 2.77. The molecule has 0 aromatic heterocycles. The van der Waals surface area contributed by atoms with Gasteiger partial charge in [0.15, 0.2) is 0 Å². The van der Waals surface area contributed by atoms with Crippen molar-refractivity contribution in [1.82, 2.24) is 0 Å². The van der Waals surface area contributed by atoms with Crippen LogP contribution in [0.5, 0.6) is 0 Å². The van der Waals surface area contributed by atoms with E-state index in [0.29, 0.717) is 17.2 Å². The largest absolute Gasteiger partial charge is 0.283 e. The zero-order chi connectivity index (χ0) is 12.5. The summed E-state index contributed by atoms with van der Waals surface area (Å²) in [4.78, 5) is 0. The Balaban J connectivity index is 2.11. The molecule has 1 aliphatic carbocycles. The van der Waals surface area contributed by atoms with Crippen LogP contribution in [0.25, 0.3) is 0 Å². The van der Waals surface area contributed by atoms with Gasteiger partial charge in [0.1, 0.15) is 0 Å². The van der Waals surface area contributed by atoms with Gasteiger partial charge in [-0.1, -0.05) is 0 Å². The first-order valence-corrected chi connectivity index (χ1v) is 7.09. The van der Waals surface area contributed by atoms with Crippen molar-refractivity contribution in [3.05, 3.63) is 29.8 Å². The summed E-state index contributed by atoms with van der Waals surface area (Å²) >= 11 is 0. The number of sulfonamides is 1. The molecule has 1 fully saturated rings. The highest BCUT2D eigenvalue weighted by atomic mass is 32.2. The monoisotopic (exact) mass is 250 g/mol. The molecule has 0 amide bonds. The maximum atomic E-state index is 12.0. The van der Waals surface area contributed by atoms with E-state index < -0.39 is 10.0 Å². The number of benzene rings is 1. The number of nitrogens with zero attached hydrogens (tertiary/aromatic N) is 1. The summed E-state index contributed by atoms with van der Waals surface area (Å²) in [6, 6.07) is 8.40. The molecule has 1 aromatic rings. The normalized spacial score (nSPS) is 17.2. The van der Waals surface area contributed by atoms with E-state index in [4.69, 9.17) is 5.26 Å². The molecule has 0 spiro atoms. The van der Waals surface area contributed by atoms with E-state index in [-0.39, 0.29) is 5.25 Å². The number of nitriles is 1. The minimum absolute atomic E-state index is 0.297. The first-order chi connectivity index (χ1) is 8.03. The van der Waals surface area contributed by atoms with Crippen molar-refractivity contribution in [2.24, 2.45) is 5.92 Å². The lowest BCUT2D eigenvalue weighted by molar-refractivity contribution is 0.580. The van der Waals surface area contributed by atoms with Gasteiger partial charge in [-0.25, -0.2) is 8.42 Å². The van der Waals surface area contributed by atoms with Crippen LogP contribution in [0.1, 0.15) is 25.3 Å². The Bertz CT molecular complexity index is 539. The SMILES string of the molecule is CC(C1CC1)S(=O)(=O)Nc1ccc(C#N)cc1. The highest BCUT2D eigenvalue weighted by Gasteiger charge is 2.36. The minimum atomic E-state index is -3.30. The molecule has 0 aliphatic heterocycles. The fourth-order valence-corrected chi connectivity index (χ4v) is 3.12. The molecule has 0 radical (unpaired) electrons. The van der Waals surface area contributed by atoms with Crippen LogP contribution in [0.4, 0.5) is 5.69 Å². The molecule has 1 atom stereocenters. The summed E-state index contributed by atoms with van der Waals surface area (Å²) < 4.78 is 26.5. The second-order valence-electron chi connectivity index (χ2n) is 4.38. The lowest BCUT2D eigenvalue weighted by atomic mass is 10.2. The number of anilines is 1. The van der Waals surface area contributed by atoms with Crippen molar-refractivity contribution >= 4 is 15.7 Å². The van der Waals surface area contributed by atoms with Gasteiger partial charge >= 0.3 is 0 Å². The van der Waals surface area contributed by atoms with E-state index in [2.05, 4.69) is 4.72 Å². The van der Waals surface area contributed by atoms with Crippen LogP contribution in [-0.4, -0.2) is 13.7 Å². The molecule has 2 rings (SSSR count). The average molecular weight is 250 g/mol. The van der Waals surface area contributed by atoms with Crippen molar-refractivity contribution in [3.8, 4) is 6.07 Å².